The van der Waals surface area contributed by atoms with Gasteiger partial charge in [-0.25, -0.2) is 9.59 Å². The average molecular weight is 641 g/mol. The van der Waals surface area contributed by atoms with Crippen LogP contribution in [0.15, 0.2) is 78.9 Å². The van der Waals surface area contributed by atoms with Gasteiger partial charge in [0.05, 0.1) is 11.4 Å². The molecule has 1 aromatic heterocycles. The number of anilines is 2. The van der Waals surface area contributed by atoms with Crippen molar-refractivity contribution in [3.63, 3.8) is 0 Å². The van der Waals surface area contributed by atoms with Gasteiger partial charge < -0.3 is 20.1 Å². The van der Waals surface area contributed by atoms with Gasteiger partial charge in [-0.1, -0.05) is 48.6 Å². The van der Waals surface area contributed by atoms with Gasteiger partial charge in [-0.15, -0.1) is 0 Å². The number of carbonyl (C=O) groups is 4. The van der Waals surface area contributed by atoms with E-state index in [2.05, 4.69) is 20.8 Å². The molecule has 0 fully saturated rings. The van der Waals surface area contributed by atoms with Crippen LogP contribution in [-0.4, -0.2) is 80.4 Å². The summed E-state index contributed by atoms with van der Waals surface area (Å²) < 4.78 is 10.9. The molecule has 5 rings (SSSR count). The number of H-pyrrole nitrogens is 1. The van der Waals surface area contributed by atoms with E-state index in [1.54, 1.807) is 90.1 Å². The summed E-state index contributed by atoms with van der Waals surface area (Å²) in [6.07, 6.45) is 5.83. The summed E-state index contributed by atoms with van der Waals surface area (Å²) in [4.78, 5) is 53.8. The number of hydrogen-bond donors (Lipinski definition) is 3. The molecule has 3 heterocycles. The fraction of sp³-hybridized carbons (Fsp3) is 0.343. The number of rotatable bonds is 6. The molecule has 12 nitrogen and oxygen atoms in total. The Labute approximate surface area is 273 Å². The molecule has 0 aliphatic carbocycles. The van der Waals surface area contributed by atoms with E-state index in [-0.39, 0.29) is 11.8 Å². The van der Waals surface area contributed by atoms with Crippen LogP contribution in [0.5, 0.6) is 0 Å². The van der Waals surface area contributed by atoms with Gasteiger partial charge in [-0.3, -0.25) is 24.5 Å². The molecule has 0 spiro atoms. The quantitative estimate of drug-likeness (QED) is 0.281. The first-order valence-electron chi connectivity index (χ1n) is 15.4. The van der Waals surface area contributed by atoms with E-state index in [0.717, 1.165) is 16.8 Å². The SMILES string of the molecule is CC(C)(C)OC(=O)N1CC=C[C@H]1C(=O)Nc1ccc(-c2cc(-c3ccc(NC(=O)[C@@H]4C=CCN4C(=O)OC(C)(C)C)cc3)[nH]n2)cc1. The van der Waals surface area contributed by atoms with Crippen LogP contribution < -0.4 is 10.6 Å². The van der Waals surface area contributed by atoms with E-state index in [1.165, 1.54) is 9.80 Å². The Kier molecular flexibility index (Phi) is 9.23. The normalized spacial score (nSPS) is 17.5. The number of nitrogens with one attached hydrogen (secondary N) is 3. The highest BCUT2D eigenvalue weighted by molar-refractivity contribution is 5.99. The standard InChI is InChI=1S/C35H40N6O6/c1-34(2,3)46-32(44)40-19-7-9-28(40)30(42)36-24-15-11-22(12-16-24)26-21-27(39-38-26)23-13-17-25(18-14-23)37-31(43)29-10-8-20-41(29)33(45)47-35(4,5)6/h7-18,21,28-29H,19-20H2,1-6H3,(H,36,42)(H,37,43)(H,38,39)/t28-,29-/m0/s1. The van der Waals surface area contributed by atoms with E-state index in [0.29, 0.717) is 30.2 Å². The highest BCUT2D eigenvalue weighted by Gasteiger charge is 2.35. The number of ether oxygens (including phenoxy) is 2. The fourth-order valence-corrected chi connectivity index (χ4v) is 5.02. The van der Waals surface area contributed by atoms with Crippen LogP contribution >= 0.6 is 0 Å². The number of amides is 4. The van der Waals surface area contributed by atoms with E-state index >= 15 is 0 Å². The molecule has 3 N–H and O–H groups in total. The van der Waals surface area contributed by atoms with Crippen LogP contribution in [0.4, 0.5) is 21.0 Å². The van der Waals surface area contributed by atoms with Crippen molar-refractivity contribution in [3.8, 4) is 22.5 Å². The molecule has 0 radical (unpaired) electrons. The van der Waals surface area contributed by atoms with Gasteiger partial charge >= 0.3 is 12.2 Å². The van der Waals surface area contributed by atoms with Gasteiger partial charge in [0.15, 0.2) is 0 Å². The highest BCUT2D eigenvalue weighted by Crippen LogP contribution is 2.27. The van der Waals surface area contributed by atoms with Crippen LogP contribution in [0.2, 0.25) is 0 Å². The second-order valence-corrected chi connectivity index (χ2v) is 13.3. The molecule has 3 aromatic rings. The van der Waals surface area contributed by atoms with Gasteiger partial charge in [-0.2, -0.15) is 5.10 Å². The van der Waals surface area contributed by atoms with Crippen LogP contribution in [0.25, 0.3) is 22.5 Å². The molecular formula is C35H40N6O6. The second-order valence-electron chi connectivity index (χ2n) is 13.3. The fourth-order valence-electron chi connectivity index (χ4n) is 5.02. The van der Waals surface area contributed by atoms with Crippen molar-refractivity contribution in [3.05, 3.63) is 78.9 Å². The highest BCUT2D eigenvalue weighted by atomic mass is 16.6. The number of aromatic nitrogens is 2. The van der Waals surface area contributed by atoms with Crippen molar-refractivity contribution in [1.82, 2.24) is 20.0 Å². The van der Waals surface area contributed by atoms with Gasteiger partial charge in [0.1, 0.15) is 23.3 Å². The molecule has 4 amide bonds. The third-order valence-corrected chi connectivity index (χ3v) is 7.20. The predicted octanol–water partition coefficient (Wildman–Crippen LogP) is 5.97. The third-order valence-electron chi connectivity index (χ3n) is 7.20. The Hall–Kier alpha value is -5.39. The Morgan fingerprint density at radius 3 is 1.55 bits per heavy atom. The van der Waals surface area contributed by atoms with E-state index in [9.17, 15) is 19.2 Å². The number of carbonyl (C=O) groups excluding carboxylic acids is 4. The first-order valence-corrected chi connectivity index (χ1v) is 15.4. The minimum atomic E-state index is -0.760. The summed E-state index contributed by atoms with van der Waals surface area (Å²) in [5.74, 6) is -0.667. The lowest BCUT2D eigenvalue weighted by atomic mass is 10.1. The van der Waals surface area contributed by atoms with Crippen molar-refractivity contribution in [1.29, 1.82) is 0 Å². The summed E-state index contributed by atoms with van der Waals surface area (Å²) in [6, 6.07) is 14.9. The number of benzene rings is 2. The molecule has 0 bridgehead atoms. The number of hydrogen-bond acceptors (Lipinski definition) is 7. The number of nitrogens with zero attached hydrogens (tertiary/aromatic N) is 3. The Morgan fingerprint density at radius 2 is 1.13 bits per heavy atom. The molecule has 246 valence electrons. The first kappa shape index (κ1) is 33.0. The monoisotopic (exact) mass is 640 g/mol. The molecule has 0 saturated carbocycles. The average Bonchev–Trinajstić information content (AvgIpc) is 3.77. The summed E-state index contributed by atoms with van der Waals surface area (Å²) in [5, 5.41) is 13.2. The molecule has 12 heteroatoms. The maximum atomic E-state index is 13.0. The van der Waals surface area contributed by atoms with Crippen LogP contribution in [-0.2, 0) is 19.1 Å². The zero-order valence-corrected chi connectivity index (χ0v) is 27.4. The van der Waals surface area contributed by atoms with Gasteiger partial charge in [0, 0.05) is 30.0 Å². The van der Waals surface area contributed by atoms with E-state index in [1.807, 2.05) is 30.3 Å². The molecule has 2 aromatic carbocycles. The lowest BCUT2D eigenvalue weighted by molar-refractivity contribution is -0.120. The Bertz CT molecular complexity index is 1570. The minimum absolute atomic E-state index is 0.303. The van der Waals surface area contributed by atoms with Crippen LogP contribution in [0.1, 0.15) is 41.5 Å². The lowest BCUT2D eigenvalue weighted by Crippen LogP contribution is -2.45. The largest absolute Gasteiger partial charge is 0.444 e. The summed E-state index contributed by atoms with van der Waals surface area (Å²) in [7, 11) is 0. The summed E-state index contributed by atoms with van der Waals surface area (Å²) in [6.45, 7) is 11.3. The van der Waals surface area contributed by atoms with Crippen molar-refractivity contribution in [2.24, 2.45) is 0 Å². The summed E-state index contributed by atoms with van der Waals surface area (Å²) in [5.41, 5.74) is 3.03. The second kappa shape index (κ2) is 13.1. The van der Waals surface area contributed by atoms with Crippen molar-refractivity contribution in [2.45, 2.75) is 64.8 Å². The minimum Gasteiger partial charge on any atom is -0.444 e. The van der Waals surface area contributed by atoms with Crippen LogP contribution in [0, 0.1) is 0 Å². The van der Waals surface area contributed by atoms with E-state index in [4.69, 9.17) is 9.47 Å². The molecular weight excluding hydrogens is 600 g/mol. The lowest BCUT2D eigenvalue weighted by Gasteiger charge is -2.28. The molecule has 2 atom stereocenters. The zero-order chi connectivity index (χ0) is 33.9. The van der Waals surface area contributed by atoms with Crippen molar-refractivity contribution < 1.29 is 28.7 Å². The van der Waals surface area contributed by atoms with Gasteiger partial charge in [0.2, 0.25) is 0 Å². The Balaban J connectivity index is 1.17. The summed E-state index contributed by atoms with van der Waals surface area (Å²) >= 11 is 0. The first-order chi connectivity index (χ1) is 22.2. The maximum Gasteiger partial charge on any atom is 0.411 e. The molecule has 2 aliphatic heterocycles. The molecule has 2 aliphatic rings. The third kappa shape index (κ3) is 8.26. The predicted molar refractivity (Wildman–Crippen MR) is 178 cm³/mol. The zero-order valence-electron chi connectivity index (χ0n) is 27.4. The van der Waals surface area contributed by atoms with Gasteiger partial charge in [-0.05, 0) is 77.4 Å². The number of aromatic amines is 1. The molecule has 0 saturated heterocycles. The van der Waals surface area contributed by atoms with Gasteiger partial charge in [0.25, 0.3) is 11.8 Å². The van der Waals surface area contributed by atoms with Crippen LogP contribution in [0.3, 0.4) is 0 Å². The smallest absolute Gasteiger partial charge is 0.411 e. The Morgan fingerprint density at radius 1 is 0.702 bits per heavy atom. The maximum absolute atomic E-state index is 13.0. The van der Waals surface area contributed by atoms with Crippen molar-refractivity contribution >= 4 is 35.4 Å². The van der Waals surface area contributed by atoms with E-state index < -0.39 is 35.5 Å². The molecule has 47 heavy (non-hydrogen) atoms. The topological polar surface area (TPSA) is 146 Å². The van der Waals surface area contributed by atoms with Crippen molar-refractivity contribution in [2.75, 3.05) is 23.7 Å². The molecule has 0 unspecified atom stereocenters.